The number of methoxy groups -OCH3 is 2. The van der Waals surface area contributed by atoms with Crippen LogP contribution < -0.4 is 14.8 Å². The second kappa shape index (κ2) is 7.55. The largest absolute Gasteiger partial charge is 0.493 e. The van der Waals surface area contributed by atoms with Gasteiger partial charge in [-0.2, -0.15) is 0 Å². The van der Waals surface area contributed by atoms with Gasteiger partial charge in [0.05, 0.1) is 20.8 Å². The summed E-state index contributed by atoms with van der Waals surface area (Å²) in [5.41, 5.74) is -0.129. The third kappa shape index (κ3) is 4.19. The molecule has 0 aromatic heterocycles. The average Bonchev–Trinajstić information content (AvgIpc) is 2.59. The molecule has 5 nitrogen and oxygen atoms in total. The van der Waals surface area contributed by atoms with Crippen LogP contribution in [0.2, 0.25) is 5.02 Å². The van der Waals surface area contributed by atoms with Crippen LogP contribution in [0.1, 0.15) is 22.8 Å². The van der Waals surface area contributed by atoms with Crippen LogP contribution in [-0.2, 0) is 5.60 Å². The van der Waals surface area contributed by atoms with E-state index in [2.05, 4.69) is 5.32 Å². The first kappa shape index (κ1) is 18.1. The molecule has 0 heterocycles. The molecule has 0 saturated carbocycles. The van der Waals surface area contributed by atoms with Crippen molar-refractivity contribution < 1.29 is 19.4 Å². The van der Waals surface area contributed by atoms with E-state index >= 15 is 0 Å². The summed E-state index contributed by atoms with van der Waals surface area (Å²) < 4.78 is 10.3. The van der Waals surface area contributed by atoms with Gasteiger partial charge in [-0.05, 0) is 42.8 Å². The zero-order valence-electron chi connectivity index (χ0n) is 13.8. The first-order valence-corrected chi connectivity index (χ1v) is 7.74. The van der Waals surface area contributed by atoms with Gasteiger partial charge in [-0.25, -0.2) is 0 Å². The van der Waals surface area contributed by atoms with Gasteiger partial charge in [0.15, 0.2) is 11.5 Å². The molecule has 0 aliphatic carbocycles. The van der Waals surface area contributed by atoms with Gasteiger partial charge in [0.2, 0.25) is 0 Å². The summed E-state index contributed by atoms with van der Waals surface area (Å²) in [4.78, 5) is 12.3. The zero-order valence-corrected chi connectivity index (χ0v) is 14.6. The highest BCUT2D eigenvalue weighted by Gasteiger charge is 2.24. The van der Waals surface area contributed by atoms with Gasteiger partial charge in [-0.3, -0.25) is 4.79 Å². The van der Waals surface area contributed by atoms with Crippen molar-refractivity contribution >= 4 is 17.5 Å². The molecular weight excluding hydrogens is 330 g/mol. The van der Waals surface area contributed by atoms with Crippen LogP contribution in [0.15, 0.2) is 42.5 Å². The van der Waals surface area contributed by atoms with Crippen molar-refractivity contribution in [1.29, 1.82) is 0 Å². The molecule has 6 heteroatoms. The summed E-state index contributed by atoms with van der Waals surface area (Å²) in [6.45, 7) is 1.69. The number of rotatable bonds is 6. The van der Waals surface area contributed by atoms with Gasteiger partial charge in [0, 0.05) is 10.6 Å². The van der Waals surface area contributed by atoms with E-state index in [1.54, 1.807) is 49.4 Å². The predicted octanol–water partition coefficient (Wildman–Crippen LogP) is 2.99. The molecule has 0 bridgehead atoms. The Labute approximate surface area is 146 Å². The Balaban J connectivity index is 2.08. The zero-order chi connectivity index (χ0) is 17.7. The monoisotopic (exact) mass is 349 g/mol. The number of benzene rings is 2. The summed E-state index contributed by atoms with van der Waals surface area (Å²) in [5.74, 6) is 0.696. The minimum atomic E-state index is -1.21. The molecule has 2 aromatic carbocycles. The number of carbonyl (C=O) groups is 1. The van der Waals surface area contributed by atoms with Gasteiger partial charge in [0.25, 0.3) is 5.91 Å². The van der Waals surface area contributed by atoms with Gasteiger partial charge in [0.1, 0.15) is 5.60 Å². The highest BCUT2D eigenvalue weighted by atomic mass is 35.5. The minimum Gasteiger partial charge on any atom is -0.493 e. The van der Waals surface area contributed by atoms with Crippen molar-refractivity contribution in [3.63, 3.8) is 0 Å². The number of ether oxygens (including phenoxy) is 2. The Morgan fingerprint density at radius 3 is 2.33 bits per heavy atom. The fraction of sp³-hybridized carbons (Fsp3) is 0.278. The normalized spacial score (nSPS) is 13.0. The Hall–Kier alpha value is -2.24. The molecule has 1 atom stereocenters. The molecule has 2 N–H and O–H groups in total. The first-order chi connectivity index (χ1) is 11.4. The van der Waals surface area contributed by atoms with E-state index in [9.17, 15) is 9.90 Å². The number of aliphatic hydroxyl groups is 1. The fourth-order valence-corrected chi connectivity index (χ4v) is 2.37. The molecule has 0 saturated heterocycles. The Morgan fingerprint density at radius 1 is 1.12 bits per heavy atom. The Bertz CT molecular complexity index is 713. The van der Waals surface area contributed by atoms with Gasteiger partial charge < -0.3 is 19.9 Å². The lowest BCUT2D eigenvalue weighted by molar-refractivity contribution is 0.0526. The van der Waals surface area contributed by atoms with E-state index < -0.39 is 5.60 Å². The number of hydrogen-bond donors (Lipinski definition) is 2. The smallest absolute Gasteiger partial charge is 0.251 e. The molecule has 1 unspecified atom stereocenters. The maximum Gasteiger partial charge on any atom is 0.251 e. The van der Waals surface area contributed by atoms with Crippen LogP contribution in [0.25, 0.3) is 0 Å². The molecule has 2 aromatic rings. The number of halogens is 1. The standard InChI is InChI=1S/C18H20ClNO4/c1-18(22,13-5-7-14(19)8-6-13)11-20-17(21)12-4-9-15(23-2)16(10-12)24-3/h4-10,22H,11H2,1-3H3,(H,20,21). The number of amides is 1. The minimum absolute atomic E-state index is 0.0574. The number of carbonyl (C=O) groups excluding carboxylic acids is 1. The third-order valence-corrected chi connectivity index (χ3v) is 3.96. The maximum atomic E-state index is 12.3. The van der Waals surface area contributed by atoms with Gasteiger partial charge >= 0.3 is 0 Å². The molecule has 2 rings (SSSR count). The van der Waals surface area contributed by atoms with Crippen molar-refractivity contribution in [2.24, 2.45) is 0 Å². The molecule has 0 aliphatic heterocycles. The molecule has 0 radical (unpaired) electrons. The Kier molecular flexibility index (Phi) is 5.70. The van der Waals surface area contributed by atoms with Crippen molar-refractivity contribution in [3.8, 4) is 11.5 Å². The van der Waals surface area contributed by atoms with E-state index in [4.69, 9.17) is 21.1 Å². The van der Waals surface area contributed by atoms with Crippen molar-refractivity contribution in [1.82, 2.24) is 5.32 Å². The lowest BCUT2D eigenvalue weighted by atomic mass is 9.96. The molecule has 0 spiro atoms. The average molecular weight is 350 g/mol. The van der Waals surface area contributed by atoms with E-state index in [1.807, 2.05) is 0 Å². The molecule has 0 aliphatic rings. The van der Waals surface area contributed by atoms with E-state index in [0.717, 1.165) is 0 Å². The summed E-state index contributed by atoms with van der Waals surface area (Å²) in [6, 6.07) is 11.7. The van der Waals surface area contributed by atoms with Crippen LogP contribution in [0.4, 0.5) is 0 Å². The molecule has 0 fully saturated rings. The summed E-state index contributed by atoms with van der Waals surface area (Å²) in [5, 5.41) is 13.9. The molecule has 128 valence electrons. The SMILES string of the molecule is COc1ccc(C(=O)NCC(C)(O)c2ccc(Cl)cc2)cc1OC. The topological polar surface area (TPSA) is 67.8 Å². The predicted molar refractivity (Wildman–Crippen MR) is 92.9 cm³/mol. The molecule has 1 amide bonds. The fourth-order valence-electron chi connectivity index (χ4n) is 2.24. The van der Waals surface area contributed by atoms with Crippen LogP contribution in [-0.4, -0.2) is 31.8 Å². The second-order valence-electron chi connectivity index (χ2n) is 5.53. The van der Waals surface area contributed by atoms with Crippen LogP contribution in [0, 0.1) is 0 Å². The summed E-state index contributed by atoms with van der Waals surface area (Å²) in [7, 11) is 3.03. The van der Waals surface area contributed by atoms with E-state index in [-0.39, 0.29) is 12.5 Å². The van der Waals surface area contributed by atoms with Gasteiger partial charge in [-0.1, -0.05) is 23.7 Å². The van der Waals surface area contributed by atoms with Crippen molar-refractivity contribution in [2.45, 2.75) is 12.5 Å². The summed E-state index contributed by atoms with van der Waals surface area (Å²) >= 11 is 5.85. The number of nitrogens with one attached hydrogen (secondary N) is 1. The quantitative estimate of drug-likeness (QED) is 0.841. The van der Waals surface area contributed by atoms with E-state index in [1.165, 1.54) is 14.2 Å². The highest BCUT2D eigenvalue weighted by molar-refractivity contribution is 6.30. The molecular formula is C18H20ClNO4. The lowest BCUT2D eigenvalue weighted by Gasteiger charge is -2.24. The second-order valence-corrected chi connectivity index (χ2v) is 5.97. The van der Waals surface area contributed by atoms with Crippen LogP contribution in [0.3, 0.4) is 0 Å². The first-order valence-electron chi connectivity index (χ1n) is 7.36. The van der Waals surface area contributed by atoms with Gasteiger partial charge in [-0.15, -0.1) is 0 Å². The van der Waals surface area contributed by atoms with Crippen LogP contribution in [0.5, 0.6) is 11.5 Å². The maximum absolute atomic E-state index is 12.3. The van der Waals surface area contributed by atoms with Crippen molar-refractivity contribution in [3.05, 3.63) is 58.6 Å². The van der Waals surface area contributed by atoms with Crippen molar-refractivity contribution in [2.75, 3.05) is 20.8 Å². The van der Waals surface area contributed by atoms with E-state index in [0.29, 0.717) is 27.6 Å². The molecule has 24 heavy (non-hydrogen) atoms. The van der Waals surface area contributed by atoms with Crippen LogP contribution >= 0.6 is 11.6 Å². The highest BCUT2D eigenvalue weighted by Crippen LogP contribution is 2.27. The third-order valence-electron chi connectivity index (χ3n) is 3.71. The summed E-state index contributed by atoms with van der Waals surface area (Å²) in [6.07, 6.45) is 0. The number of hydrogen-bond acceptors (Lipinski definition) is 4. The Morgan fingerprint density at radius 2 is 1.75 bits per heavy atom. The lowest BCUT2D eigenvalue weighted by Crippen LogP contribution is -2.38.